The van der Waals surface area contributed by atoms with Gasteiger partial charge in [-0.2, -0.15) is 17.6 Å². The summed E-state index contributed by atoms with van der Waals surface area (Å²) in [5.41, 5.74) is 5.86. The summed E-state index contributed by atoms with van der Waals surface area (Å²) in [6, 6.07) is -0.876. The van der Waals surface area contributed by atoms with Gasteiger partial charge in [-0.3, -0.25) is 67.3 Å². The van der Waals surface area contributed by atoms with E-state index in [1.807, 2.05) is 0 Å². The van der Waals surface area contributed by atoms with E-state index in [1.54, 1.807) is 0 Å². The standard InChI is InChI=1S/C41H57N9O18.C30H50N2O18S/c1-43-29(57)13-26(33(61)35(63)28(56)17-52)48-38(65)19(4-9-30(58)59)10-24(54)12-20(32(60)34(62)27(55)16-51)11-23(53)7-8-25(40(67)68)47-37(64)18-2-5-21(6-3-18)44-14-22-15-45-36-31(46-22)39(66)50-41(42)49-36;1-13(2-4-23(40)41)19(36)8-15(25(44)27(46)20(37)10-33)7-16(35)6-14(3-5-24(42)43)29(48)32-17(26(45)28(47)21(38)11-34)9-22(39)31-18(12-51)30(49)50/h2-3,5-6,15,19-20,25-28,32-35,44,51-52,55-56,60-63H,4,7-14,16-17H2,1H3,(H,43,57)(H,47,64)(H,48,65)(H,58,59)(H,67,68)(H3,42,45,49,50,66);13-15,17-18,20-21,25-28,33-34,37-38,44-47,51H,2-12H2,1H3,(H,31,39)(H,32,48)(H,40,41)(H,42,43)(H,49,50)/t19-,20-,25+,26-,27-,28-,32-,33-,34-,35-;13-,14+,15?,17+,18-,20+,21+,25+,26+,27+,28+/m10/s1. The normalized spacial score (nSPS) is 16.8. The van der Waals surface area contributed by atoms with Crippen LogP contribution in [0.15, 0.2) is 35.3 Å². The molecule has 119 heavy (non-hydrogen) atoms. The highest BCUT2D eigenvalue weighted by Gasteiger charge is 2.41. The number of nitrogen functional groups attached to an aromatic ring is 1. The third-order valence-corrected chi connectivity index (χ3v) is 19.2. The fraction of sp³-hybridized carbons (Fsp3) is 0.634. The molecule has 0 aliphatic rings. The molecule has 0 bridgehead atoms. The van der Waals surface area contributed by atoms with Crippen LogP contribution in [0.3, 0.4) is 0 Å². The number of aromatic nitrogens is 4. The van der Waals surface area contributed by atoms with Crippen molar-refractivity contribution in [3.05, 3.63) is 52.1 Å². The number of anilines is 2. The van der Waals surface area contributed by atoms with E-state index < -0.39 is 331 Å². The van der Waals surface area contributed by atoms with Gasteiger partial charge < -0.3 is 145 Å². The first-order valence-corrected chi connectivity index (χ1v) is 37.6. The second kappa shape index (κ2) is 52.9. The molecule has 1 unspecified atom stereocenters. The van der Waals surface area contributed by atoms with E-state index in [-0.39, 0.29) is 47.8 Å². The summed E-state index contributed by atoms with van der Waals surface area (Å²) < 4.78 is 0. The van der Waals surface area contributed by atoms with Gasteiger partial charge in [-0.1, -0.05) is 6.92 Å². The van der Waals surface area contributed by atoms with Crippen LogP contribution in [0.4, 0.5) is 11.6 Å². The monoisotopic (exact) mass is 1720 g/mol. The van der Waals surface area contributed by atoms with Crippen molar-refractivity contribution >= 4 is 118 Å². The lowest BCUT2D eigenvalue weighted by atomic mass is 9.82. The summed E-state index contributed by atoms with van der Waals surface area (Å²) in [5, 5.41) is 222. The molecule has 2 heterocycles. The molecular weight excluding hydrogens is 1610 g/mol. The number of Topliss-reactive ketones (excluding diaryl/α,β-unsaturated/α-hetero) is 4. The molecule has 3 aromatic rings. The lowest BCUT2D eigenvalue weighted by Crippen LogP contribution is -2.56. The highest BCUT2D eigenvalue weighted by molar-refractivity contribution is 7.80. The molecule has 0 saturated heterocycles. The number of rotatable bonds is 58. The first kappa shape index (κ1) is 105. The van der Waals surface area contributed by atoms with Crippen molar-refractivity contribution in [2.75, 3.05) is 50.3 Å². The van der Waals surface area contributed by atoms with Gasteiger partial charge in [0, 0.05) is 131 Å². The van der Waals surface area contributed by atoms with Crippen LogP contribution in [0.25, 0.3) is 11.2 Å². The molecule has 1 aromatic carbocycles. The molecule has 30 N–H and O–H groups in total. The van der Waals surface area contributed by atoms with Gasteiger partial charge >= 0.3 is 29.8 Å². The Morgan fingerprint density at radius 2 is 0.899 bits per heavy atom. The lowest BCUT2D eigenvalue weighted by Gasteiger charge is -2.31. The van der Waals surface area contributed by atoms with E-state index in [9.17, 15) is 174 Å². The maximum absolute atomic E-state index is 13.5. The Morgan fingerprint density at radius 3 is 1.32 bits per heavy atom. The smallest absolute Gasteiger partial charge is 0.327 e. The number of hydrogen-bond acceptors (Lipinski definition) is 37. The molecule has 0 aliphatic heterocycles. The minimum absolute atomic E-state index is 0.0264. The number of nitrogens with zero attached hydrogens (tertiary/aromatic N) is 3. The molecule has 0 saturated carbocycles. The molecule has 2 aromatic heterocycles. The molecule has 48 heteroatoms. The van der Waals surface area contributed by atoms with E-state index in [0.717, 1.165) is 0 Å². The van der Waals surface area contributed by atoms with Crippen molar-refractivity contribution in [1.82, 2.24) is 46.5 Å². The Bertz CT molecular complexity index is 3920. The molecule has 0 aliphatic carbocycles. The Hall–Kier alpha value is -9.87. The van der Waals surface area contributed by atoms with Gasteiger partial charge in [0.1, 0.15) is 96.3 Å². The van der Waals surface area contributed by atoms with Crippen molar-refractivity contribution in [2.24, 2.45) is 29.6 Å². The number of nitrogens with two attached hydrogens (primary N) is 1. The van der Waals surface area contributed by atoms with Crippen molar-refractivity contribution in [3.63, 3.8) is 0 Å². The van der Waals surface area contributed by atoms with Crippen LogP contribution in [0.5, 0.6) is 0 Å². The zero-order valence-electron chi connectivity index (χ0n) is 64.4. The number of fused-ring (bicyclic) bond motifs is 1. The number of carboxylic acid groups (broad SMARTS) is 5. The van der Waals surface area contributed by atoms with Gasteiger partial charge in [-0.05, 0) is 49.9 Å². The fourth-order valence-electron chi connectivity index (χ4n) is 11.8. The Labute approximate surface area is 681 Å². The quantitative estimate of drug-likeness (QED) is 0.0233. The van der Waals surface area contributed by atoms with Gasteiger partial charge in [0.15, 0.2) is 11.2 Å². The zero-order chi connectivity index (χ0) is 90.4. The van der Waals surface area contributed by atoms with Crippen LogP contribution in [0.1, 0.15) is 126 Å². The SMILES string of the molecule is CNC(=O)C[C@@H](NC(=O)[C@H](CCC(=O)O)CC(=O)C[C@@H](CC(=O)CC[C@H](NC(=O)c1ccc(NCc2cnc3nc(N)[nH]c(=O)c3n2)cc1)C(=O)O)[C@@H](O)[C@H](O)[C@H](O)CO)[C@@H](O)[C@H](O)[C@H](O)CO.C[C@@H](CCC(=O)O)C(=O)CC(CC(=O)C[C@@H](CCC(=O)O)C(=O)N[C@H](CC(=O)N[C@@H](CS)C(=O)O)[C@@H](O)[C@H](O)[C@H](O)CO)[C@@H](O)[C@H](O)[C@H](O)CO. The number of hydrogen-bond donors (Lipinski definition) is 30. The van der Waals surface area contributed by atoms with E-state index in [1.165, 1.54) is 44.4 Å². The van der Waals surface area contributed by atoms with Gasteiger partial charge in [0.2, 0.25) is 29.6 Å². The van der Waals surface area contributed by atoms with Crippen LogP contribution in [-0.2, 0) is 68.9 Å². The minimum Gasteiger partial charge on any atom is -0.481 e. The van der Waals surface area contributed by atoms with Crippen LogP contribution >= 0.6 is 12.6 Å². The summed E-state index contributed by atoms with van der Waals surface area (Å²) in [6.45, 7) is -2.67. The number of thiol groups is 1. The number of aromatic amines is 1. The van der Waals surface area contributed by atoms with E-state index in [0.29, 0.717) is 11.4 Å². The number of aliphatic carboxylic acids is 5. The van der Waals surface area contributed by atoms with Crippen LogP contribution in [0, 0.1) is 29.6 Å². The second-order valence-corrected chi connectivity index (χ2v) is 28.5. The minimum atomic E-state index is -2.19. The summed E-state index contributed by atoms with van der Waals surface area (Å²) >= 11 is 3.81. The maximum atomic E-state index is 13.5. The van der Waals surface area contributed by atoms with Crippen molar-refractivity contribution in [2.45, 2.75) is 214 Å². The van der Waals surface area contributed by atoms with Crippen LogP contribution < -0.4 is 43.2 Å². The van der Waals surface area contributed by atoms with Crippen LogP contribution in [0.2, 0.25) is 0 Å². The molecule has 0 spiro atoms. The summed E-state index contributed by atoms with van der Waals surface area (Å²) in [7, 11) is 1.21. The largest absolute Gasteiger partial charge is 0.481 e. The zero-order valence-corrected chi connectivity index (χ0v) is 65.3. The molecular formula is C71H107N11O36S. The number of benzene rings is 1. The lowest BCUT2D eigenvalue weighted by molar-refractivity contribution is -0.142. The molecule has 0 radical (unpaired) electrons. The number of carboxylic acids is 5. The van der Waals surface area contributed by atoms with E-state index in [2.05, 4.69) is 64.5 Å². The number of H-pyrrole nitrogens is 1. The first-order chi connectivity index (χ1) is 55.8. The molecule has 21 atom stereocenters. The number of ketones is 4. The predicted molar refractivity (Wildman–Crippen MR) is 407 cm³/mol. The van der Waals surface area contributed by atoms with Gasteiger partial charge in [-0.25, -0.2) is 19.6 Å². The predicted octanol–water partition coefficient (Wildman–Crippen LogP) is -9.54. The summed E-state index contributed by atoms with van der Waals surface area (Å²) in [4.78, 5) is 202. The second-order valence-electron chi connectivity index (χ2n) is 28.1. The highest BCUT2D eigenvalue weighted by Crippen LogP contribution is 2.28. The van der Waals surface area contributed by atoms with Crippen molar-refractivity contribution < 1.29 is 174 Å². The molecule has 668 valence electrons. The topological polar surface area (TPSA) is 834 Å². The van der Waals surface area contributed by atoms with Gasteiger partial charge in [0.05, 0.1) is 69.2 Å². The highest BCUT2D eigenvalue weighted by atomic mass is 32.1. The summed E-state index contributed by atoms with van der Waals surface area (Å²) in [6.07, 6.45) is -33.3. The molecule has 0 fully saturated rings. The Kier molecular flexibility index (Phi) is 46.8. The average Bonchev–Trinajstić information content (AvgIpc) is 0.812. The van der Waals surface area contributed by atoms with E-state index in [4.69, 9.17) is 10.8 Å². The Morgan fingerprint density at radius 1 is 0.479 bits per heavy atom. The number of amides is 5. The third kappa shape index (κ3) is 36.7. The molecule has 5 amide bonds. The number of aliphatic hydroxyl groups excluding tert-OH is 16. The number of carbonyl (C=O) groups excluding carboxylic acids is 9. The van der Waals surface area contributed by atoms with Crippen molar-refractivity contribution in [1.29, 1.82) is 0 Å². The first-order valence-electron chi connectivity index (χ1n) is 36.9. The van der Waals surface area contributed by atoms with Crippen molar-refractivity contribution in [3.8, 4) is 0 Å². The van der Waals surface area contributed by atoms with Gasteiger partial charge in [-0.15, -0.1) is 0 Å². The maximum Gasteiger partial charge on any atom is 0.327 e. The Balaban J connectivity index is 0.000000843. The number of aliphatic hydroxyl groups is 16. The molecule has 47 nitrogen and oxygen atoms in total. The third-order valence-electron chi connectivity index (χ3n) is 18.9. The van der Waals surface area contributed by atoms with Crippen LogP contribution in [-0.4, -0.2) is 346 Å². The van der Waals surface area contributed by atoms with E-state index >= 15 is 0 Å². The fourth-order valence-corrected chi connectivity index (χ4v) is 12.0. The summed E-state index contributed by atoms with van der Waals surface area (Å²) in [5.74, 6) is -22.6. The average molecular weight is 1720 g/mol. The number of nitrogens with one attached hydrogen (secondary N) is 7. The number of carbonyl (C=O) groups is 14. The van der Waals surface area contributed by atoms with Gasteiger partial charge in [0.25, 0.3) is 11.5 Å². The molecule has 3 rings (SSSR count).